The average Bonchev–Trinajstić information content (AvgIpc) is 3.26. The molecular weight excluding hydrogens is 356 g/mol. The molecule has 0 bridgehead atoms. The van der Waals surface area contributed by atoms with Gasteiger partial charge in [-0.15, -0.1) is 6.58 Å². The van der Waals surface area contributed by atoms with Crippen molar-refractivity contribution >= 4 is 17.5 Å². The molecule has 2 aliphatic rings. The van der Waals surface area contributed by atoms with E-state index in [-0.39, 0.29) is 30.9 Å². The molecule has 3 rings (SSSR count). The van der Waals surface area contributed by atoms with Crippen LogP contribution in [0.15, 0.2) is 49.1 Å². The highest BCUT2D eigenvalue weighted by Gasteiger charge is 2.52. The Labute approximate surface area is 165 Å². The van der Waals surface area contributed by atoms with Crippen LogP contribution >= 0.6 is 0 Å². The molecule has 0 radical (unpaired) electrons. The summed E-state index contributed by atoms with van der Waals surface area (Å²) in [5.41, 5.74) is -0.403. The van der Waals surface area contributed by atoms with Crippen molar-refractivity contribution in [2.75, 3.05) is 24.6 Å². The van der Waals surface area contributed by atoms with Gasteiger partial charge < -0.3 is 20.0 Å². The molecule has 6 heteroatoms. The van der Waals surface area contributed by atoms with Gasteiger partial charge in [0.2, 0.25) is 5.91 Å². The number of carbonyl (C=O) groups is 2. The van der Waals surface area contributed by atoms with E-state index in [1.54, 1.807) is 42.2 Å². The number of para-hydroxylation sites is 1. The molecular formula is C22H28N2O4. The summed E-state index contributed by atoms with van der Waals surface area (Å²) in [4.78, 5) is 28.7. The number of hydrogen-bond acceptors (Lipinski definition) is 4. The van der Waals surface area contributed by atoms with Crippen molar-refractivity contribution < 1.29 is 19.8 Å². The Bertz CT molecular complexity index is 790. The predicted octanol–water partition coefficient (Wildman–Crippen LogP) is 1.97. The average molecular weight is 384 g/mol. The number of anilines is 1. The molecule has 1 aromatic carbocycles. The summed E-state index contributed by atoms with van der Waals surface area (Å²) in [6.07, 6.45) is 6.99. The van der Waals surface area contributed by atoms with Crippen molar-refractivity contribution in [2.45, 2.75) is 37.8 Å². The van der Waals surface area contributed by atoms with Gasteiger partial charge in [0.25, 0.3) is 5.91 Å². The second-order valence-corrected chi connectivity index (χ2v) is 7.47. The Morgan fingerprint density at radius 2 is 2.18 bits per heavy atom. The van der Waals surface area contributed by atoms with Gasteiger partial charge in [0.1, 0.15) is 0 Å². The van der Waals surface area contributed by atoms with Crippen LogP contribution in [0, 0.1) is 5.92 Å². The van der Waals surface area contributed by atoms with Gasteiger partial charge in [-0.25, -0.2) is 0 Å². The first-order valence-corrected chi connectivity index (χ1v) is 9.76. The van der Waals surface area contributed by atoms with E-state index in [9.17, 15) is 19.8 Å². The van der Waals surface area contributed by atoms with Crippen LogP contribution in [0.1, 0.15) is 31.7 Å². The summed E-state index contributed by atoms with van der Waals surface area (Å²) in [5.74, 6) is -0.925. The number of rotatable bonds is 7. The molecule has 150 valence electrons. The van der Waals surface area contributed by atoms with E-state index >= 15 is 0 Å². The summed E-state index contributed by atoms with van der Waals surface area (Å²) in [6.45, 7) is 6.44. The molecule has 1 aromatic rings. The number of likely N-dealkylation sites (tertiary alicyclic amines) is 1. The smallest absolute Gasteiger partial charge is 0.264 e. The van der Waals surface area contributed by atoms with Crippen molar-refractivity contribution in [3.63, 3.8) is 0 Å². The molecule has 0 unspecified atom stereocenters. The van der Waals surface area contributed by atoms with E-state index in [2.05, 4.69) is 6.58 Å². The van der Waals surface area contributed by atoms with Crippen LogP contribution in [-0.4, -0.2) is 52.7 Å². The Morgan fingerprint density at radius 1 is 1.43 bits per heavy atom. The fourth-order valence-electron chi connectivity index (χ4n) is 4.20. The van der Waals surface area contributed by atoms with Gasteiger partial charge in [-0.05, 0) is 18.9 Å². The second kappa shape index (κ2) is 8.29. The minimum Gasteiger partial charge on any atom is -0.394 e. The Balaban J connectivity index is 1.75. The van der Waals surface area contributed by atoms with Gasteiger partial charge in [0, 0.05) is 31.0 Å². The number of hydrogen-bond donors (Lipinski definition) is 2. The van der Waals surface area contributed by atoms with Gasteiger partial charge in [-0.1, -0.05) is 43.4 Å². The molecule has 0 aliphatic carbocycles. The number of aliphatic hydroxyl groups is 2. The minimum atomic E-state index is -1.67. The highest BCUT2D eigenvalue weighted by Crippen LogP contribution is 2.44. The summed E-state index contributed by atoms with van der Waals surface area (Å²) < 4.78 is 0. The molecule has 1 saturated heterocycles. The van der Waals surface area contributed by atoms with Crippen molar-refractivity contribution in [2.24, 2.45) is 5.92 Å². The first kappa shape index (κ1) is 20.3. The van der Waals surface area contributed by atoms with Gasteiger partial charge in [-0.3, -0.25) is 9.59 Å². The first-order chi connectivity index (χ1) is 13.4. The Morgan fingerprint density at radius 3 is 2.89 bits per heavy atom. The number of carbonyl (C=O) groups excluding carboxylic acids is 2. The van der Waals surface area contributed by atoms with Gasteiger partial charge >= 0.3 is 0 Å². The van der Waals surface area contributed by atoms with Crippen LogP contribution in [0.25, 0.3) is 0 Å². The van der Waals surface area contributed by atoms with Gasteiger partial charge in [0.15, 0.2) is 5.60 Å². The van der Waals surface area contributed by atoms with E-state index in [1.165, 1.54) is 4.90 Å². The van der Waals surface area contributed by atoms with Gasteiger partial charge in [0.05, 0.1) is 18.3 Å². The molecule has 0 aromatic heterocycles. The summed E-state index contributed by atoms with van der Waals surface area (Å²) in [6, 6.07) is 7.12. The van der Waals surface area contributed by atoms with Crippen molar-refractivity contribution in [3.05, 3.63) is 54.6 Å². The van der Waals surface area contributed by atoms with E-state index in [0.29, 0.717) is 24.3 Å². The molecule has 0 spiro atoms. The molecule has 28 heavy (non-hydrogen) atoms. The molecule has 0 saturated carbocycles. The largest absolute Gasteiger partial charge is 0.394 e. The quantitative estimate of drug-likeness (QED) is 0.705. The first-order valence-electron chi connectivity index (χ1n) is 9.76. The molecule has 3 atom stereocenters. The highest BCUT2D eigenvalue weighted by molar-refractivity contribution is 6.07. The fraction of sp³-hybridized carbons (Fsp3) is 0.455. The van der Waals surface area contributed by atoms with Crippen LogP contribution in [0.4, 0.5) is 5.69 Å². The Hall–Kier alpha value is -2.44. The van der Waals surface area contributed by atoms with Crippen LogP contribution in [-0.2, 0) is 15.2 Å². The number of nitrogens with zero attached hydrogens (tertiary/aromatic N) is 2. The third kappa shape index (κ3) is 3.38. The summed E-state index contributed by atoms with van der Waals surface area (Å²) >= 11 is 0. The summed E-state index contributed by atoms with van der Waals surface area (Å²) in [5, 5.41) is 20.7. The summed E-state index contributed by atoms with van der Waals surface area (Å²) in [7, 11) is 0. The highest BCUT2D eigenvalue weighted by atomic mass is 16.3. The molecule has 2 N–H and O–H groups in total. The maximum atomic E-state index is 13.0. The van der Waals surface area contributed by atoms with Crippen molar-refractivity contribution in [1.29, 1.82) is 0 Å². The molecule has 1 fully saturated rings. The molecule has 2 heterocycles. The van der Waals surface area contributed by atoms with Crippen LogP contribution < -0.4 is 4.90 Å². The predicted molar refractivity (Wildman–Crippen MR) is 108 cm³/mol. The third-order valence-corrected chi connectivity index (χ3v) is 5.77. The van der Waals surface area contributed by atoms with E-state index in [0.717, 1.165) is 12.8 Å². The number of benzene rings is 1. The lowest BCUT2D eigenvalue weighted by atomic mass is 9.83. The zero-order valence-corrected chi connectivity index (χ0v) is 16.3. The molecule has 2 amide bonds. The topological polar surface area (TPSA) is 81.1 Å². The lowest BCUT2D eigenvalue weighted by molar-refractivity contribution is -0.139. The maximum absolute atomic E-state index is 13.0. The van der Waals surface area contributed by atoms with Crippen LogP contribution in [0.3, 0.4) is 0 Å². The fourth-order valence-corrected chi connectivity index (χ4v) is 4.20. The minimum absolute atomic E-state index is 0.0178. The maximum Gasteiger partial charge on any atom is 0.264 e. The van der Waals surface area contributed by atoms with Gasteiger partial charge in [-0.2, -0.15) is 0 Å². The number of aliphatic hydroxyl groups excluding tert-OH is 1. The van der Waals surface area contributed by atoms with E-state index in [1.807, 2.05) is 12.1 Å². The number of amides is 2. The standard InChI is InChI=1S/C22H28N2O4/c1-3-13-24-19-11-5-4-10-18(19)22(28,21(24)27)16(2)8-6-12-20(26)23-14-7-9-17(23)15-25/h3-6,8,10-11,16-17,25,28H,1,7,9,12-15H2,2H3/b8-6+/t16-,17-,22+/m0/s1. The third-order valence-electron chi connectivity index (χ3n) is 5.77. The zero-order chi connectivity index (χ0) is 20.3. The van der Waals surface area contributed by atoms with E-state index in [4.69, 9.17) is 0 Å². The molecule has 6 nitrogen and oxygen atoms in total. The monoisotopic (exact) mass is 384 g/mol. The Kier molecular flexibility index (Phi) is 6.01. The SMILES string of the molecule is C=CCN1C(=O)[C@@](O)([C@@H](C)/C=C/CC(=O)N2CCC[C@H]2CO)c2ccccc21. The lowest BCUT2D eigenvalue weighted by Crippen LogP contribution is -2.44. The molecule has 2 aliphatic heterocycles. The van der Waals surface area contributed by atoms with Crippen LogP contribution in [0.2, 0.25) is 0 Å². The van der Waals surface area contributed by atoms with E-state index < -0.39 is 11.5 Å². The van der Waals surface area contributed by atoms with Crippen LogP contribution in [0.5, 0.6) is 0 Å². The normalized spacial score (nSPS) is 25.4. The van der Waals surface area contributed by atoms with Crippen molar-refractivity contribution in [1.82, 2.24) is 4.90 Å². The lowest BCUT2D eigenvalue weighted by Gasteiger charge is -2.27. The number of fused-ring (bicyclic) bond motifs is 1. The van der Waals surface area contributed by atoms with Crippen molar-refractivity contribution in [3.8, 4) is 0 Å². The zero-order valence-electron chi connectivity index (χ0n) is 16.3. The second-order valence-electron chi connectivity index (χ2n) is 7.47.